The summed E-state index contributed by atoms with van der Waals surface area (Å²) in [6.07, 6.45) is 6.58. The summed E-state index contributed by atoms with van der Waals surface area (Å²) in [5.41, 5.74) is -0.00396. The van der Waals surface area contributed by atoms with Gasteiger partial charge in [-0.3, -0.25) is 0 Å². The molecule has 0 bridgehead atoms. The zero-order valence-electron chi connectivity index (χ0n) is 8.02. The van der Waals surface area contributed by atoms with Crippen molar-refractivity contribution in [2.75, 3.05) is 0 Å². The van der Waals surface area contributed by atoms with Gasteiger partial charge in [0.05, 0.1) is 0 Å². The Kier molecular flexibility index (Phi) is 5.18. The molecule has 0 radical (unpaired) electrons. The van der Waals surface area contributed by atoms with Crippen molar-refractivity contribution in [3.63, 3.8) is 0 Å². The molecule has 11 heavy (non-hydrogen) atoms. The highest BCUT2D eigenvalue weighted by Gasteiger charge is 2.23. The lowest BCUT2D eigenvalue weighted by molar-refractivity contribution is -0.117. The van der Waals surface area contributed by atoms with Gasteiger partial charge in [0.15, 0.2) is 0 Å². The highest BCUT2D eigenvalue weighted by Crippen LogP contribution is 2.29. The Bertz CT molecular complexity index is 103. The minimum atomic E-state index is -0.00396. The number of carbonyl (C=O) groups is 1. The van der Waals surface area contributed by atoms with Gasteiger partial charge in [0.25, 0.3) is 0 Å². The van der Waals surface area contributed by atoms with E-state index in [0.717, 1.165) is 25.5 Å². The zero-order valence-corrected chi connectivity index (χ0v) is 8.02. The number of aldehydes is 1. The Morgan fingerprint density at radius 3 is 2.00 bits per heavy atom. The quantitative estimate of drug-likeness (QED) is 0.540. The van der Waals surface area contributed by atoms with Crippen LogP contribution in [0.1, 0.15) is 52.9 Å². The lowest BCUT2D eigenvalue weighted by Gasteiger charge is -2.24. The van der Waals surface area contributed by atoms with Crippen molar-refractivity contribution < 1.29 is 4.79 Å². The Hall–Kier alpha value is -0.330. The third kappa shape index (κ3) is 3.04. The van der Waals surface area contributed by atoms with Crippen molar-refractivity contribution in [3.8, 4) is 0 Å². The molecule has 0 rings (SSSR count). The number of unbranched alkanes of at least 4 members (excludes halogenated alkanes) is 1. The largest absolute Gasteiger partial charge is 0.303 e. The van der Waals surface area contributed by atoms with Crippen LogP contribution in [-0.4, -0.2) is 6.29 Å². The van der Waals surface area contributed by atoms with E-state index in [1.54, 1.807) is 0 Å². The van der Waals surface area contributed by atoms with Gasteiger partial charge >= 0.3 is 0 Å². The van der Waals surface area contributed by atoms with Crippen LogP contribution in [0.5, 0.6) is 0 Å². The fraction of sp³-hybridized carbons (Fsp3) is 0.900. The van der Waals surface area contributed by atoms with Gasteiger partial charge in [0.2, 0.25) is 0 Å². The average Bonchev–Trinajstić information content (AvgIpc) is 2.08. The Labute approximate surface area is 70.2 Å². The maximum atomic E-state index is 10.8. The smallest absolute Gasteiger partial charge is 0.126 e. The molecule has 0 amide bonds. The van der Waals surface area contributed by atoms with Gasteiger partial charge in [-0.1, -0.05) is 33.6 Å². The molecule has 0 N–H and O–H groups in total. The minimum absolute atomic E-state index is 0.00396. The summed E-state index contributed by atoms with van der Waals surface area (Å²) in [4.78, 5) is 10.8. The number of hydrogen-bond donors (Lipinski definition) is 0. The molecule has 0 spiro atoms. The third-order valence-corrected chi connectivity index (χ3v) is 2.69. The second-order valence-corrected chi connectivity index (χ2v) is 3.29. The van der Waals surface area contributed by atoms with Gasteiger partial charge < -0.3 is 4.79 Å². The van der Waals surface area contributed by atoms with E-state index in [0.29, 0.717) is 0 Å². The van der Waals surface area contributed by atoms with E-state index in [9.17, 15) is 4.79 Å². The van der Waals surface area contributed by atoms with Gasteiger partial charge in [-0.15, -0.1) is 0 Å². The molecular weight excluding hydrogens is 136 g/mol. The van der Waals surface area contributed by atoms with E-state index in [1.807, 2.05) is 0 Å². The van der Waals surface area contributed by atoms with Crippen molar-refractivity contribution in [1.29, 1.82) is 0 Å². The van der Waals surface area contributed by atoms with E-state index < -0.39 is 0 Å². The molecule has 0 saturated heterocycles. The maximum Gasteiger partial charge on any atom is 0.126 e. The molecule has 0 fully saturated rings. The molecular formula is C10H20O. The van der Waals surface area contributed by atoms with Crippen LogP contribution in [0.15, 0.2) is 0 Å². The molecule has 1 nitrogen and oxygen atoms in total. The summed E-state index contributed by atoms with van der Waals surface area (Å²) in [6.45, 7) is 6.38. The van der Waals surface area contributed by atoms with Gasteiger partial charge in [0, 0.05) is 5.41 Å². The van der Waals surface area contributed by atoms with Crippen molar-refractivity contribution in [1.82, 2.24) is 0 Å². The van der Waals surface area contributed by atoms with Crippen molar-refractivity contribution in [2.45, 2.75) is 52.9 Å². The predicted molar refractivity (Wildman–Crippen MR) is 48.6 cm³/mol. The molecule has 0 saturated carbocycles. The summed E-state index contributed by atoms with van der Waals surface area (Å²) in [7, 11) is 0. The van der Waals surface area contributed by atoms with E-state index >= 15 is 0 Å². The third-order valence-electron chi connectivity index (χ3n) is 2.69. The first kappa shape index (κ1) is 10.7. The molecule has 0 heterocycles. The van der Waals surface area contributed by atoms with E-state index in [1.165, 1.54) is 12.8 Å². The van der Waals surface area contributed by atoms with Crippen molar-refractivity contribution >= 4 is 6.29 Å². The summed E-state index contributed by atoms with van der Waals surface area (Å²) in [5, 5.41) is 0. The Balaban J connectivity index is 3.94. The normalized spacial score (nSPS) is 11.5. The molecule has 0 aromatic carbocycles. The maximum absolute atomic E-state index is 10.8. The van der Waals surface area contributed by atoms with Crippen LogP contribution in [0, 0.1) is 5.41 Å². The molecule has 0 aliphatic rings. The molecule has 0 unspecified atom stereocenters. The molecule has 66 valence electrons. The standard InChI is InChI=1S/C10H20O/c1-4-7-8-10(5-2,6-3)9-11/h9H,4-8H2,1-3H3. The molecule has 0 aromatic rings. The monoisotopic (exact) mass is 156 g/mol. The van der Waals surface area contributed by atoms with Crippen LogP contribution in [0.25, 0.3) is 0 Å². The first-order chi connectivity index (χ1) is 5.24. The SMILES string of the molecule is CCCCC(C=O)(CC)CC. The Morgan fingerprint density at radius 2 is 1.73 bits per heavy atom. The fourth-order valence-electron chi connectivity index (χ4n) is 1.36. The van der Waals surface area contributed by atoms with Gasteiger partial charge in [-0.2, -0.15) is 0 Å². The van der Waals surface area contributed by atoms with Crippen LogP contribution < -0.4 is 0 Å². The fourth-order valence-corrected chi connectivity index (χ4v) is 1.36. The first-order valence-electron chi connectivity index (χ1n) is 4.71. The topological polar surface area (TPSA) is 17.1 Å². The van der Waals surface area contributed by atoms with Crippen molar-refractivity contribution in [2.24, 2.45) is 5.41 Å². The van der Waals surface area contributed by atoms with Crippen LogP contribution in [0.3, 0.4) is 0 Å². The summed E-state index contributed by atoms with van der Waals surface area (Å²) in [6, 6.07) is 0. The summed E-state index contributed by atoms with van der Waals surface area (Å²) < 4.78 is 0. The number of carbonyl (C=O) groups excluding carboxylic acids is 1. The van der Waals surface area contributed by atoms with Crippen LogP contribution in [0.2, 0.25) is 0 Å². The predicted octanol–water partition coefficient (Wildman–Crippen LogP) is 3.18. The van der Waals surface area contributed by atoms with Gasteiger partial charge in [-0.25, -0.2) is 0 Å². The molecule has 0 aliphatic heterocycles. The van der Waals surface area contributed by atoms with Crippen LogP contribution >= 0.6 is 0 Å². The Morgan fingerprint density at radius 1 is 1.18 bits per heavy atom. The number of hydrogen-bond acceptors (Lipinski definition) is 1. The lowest BCUT2D eigenvalue weighted by Crippen LogP contribution is -2.20. The van der Waals surface area contributed by atoms with Gasteiger partial charge in [0.1, 0.15) is 6.29 Å². The van der Waals surface area contributed by atoms with Gasteiger partial charge in [-0.05, 0) is 19.3 Å². The van der Waals surface area contributed by atoms with Crippen molar-refractivity contribution in [3.05, 3.63) is 0 Å². The van der Waals surface area contributed by atoms with Crippen LogP contribution in [-0.2, 0) is 4.79 Å². The molecule has 0 aromatic heterocycles. The first-order valence-corrected chi connectivity index (χ1v) is 4.71. The van der Waals surface area contributed by atoms with Crippen LogP contribution in [0.4, 0.5) is 0 Å². The summed E-state index contributed by atoms with van der Waals surface area (Å²) >= 11 is 0. The van der Waals surface area contributed by atoms with E-state index in [-0.39, 0.29) is 5.41 Å². The highest BCUT2D eigenvalue weighted by molar-refractivity contribution is 5.58. The second kappa shape index (κ2) is 5.34. The van der Waals surface area contributed by atoms with E-state index in [2.05, 4.69) is 20.8 Å². The zero-order chi connectivity index (χ0) is 8.74. The molecule has 0 aliphatic carbocycles. The second-order valence-electron chi connectivity index (χ2n) is 3.29. The molecule has 1 heteroatoms. The summed E-state index contributed by atoms with van der Waals surface area (Å²) in [5.74, 6) is 0. The molecule has 0 atom stereocenters. The highest BCUT2D eigenvalue weighted by atomic mass is 16.1. The van der Waals surface area contributed by atoms with E-state index in [4.69, 9.17) is 0 Å². The average molecular weight is 156 g/mol. The minimum Gasteiger partial charge on any atom is -0.303 e. The lowest BCUT2D eigenvalue weighted by atomic mass is 9.79. The number of rotatable bonds is 6.